The number of ether oxygens (including phenoxy) is 1. The van der Waals surface area contributed by atoms with Crippen LogP contribution in [0.5, 0.6) is 0 Å². The molecule has 2 nitrogen and oxygen atoms in total. The Hall–Kier alpha value is -0.0800. The van der Waals surface area contributed by atoms with Crippen molar-refractivity contribution in [2.45, 2.75) is 25.9 Å². The van der Waals surface area contributed by atoms with Gasteiger partial charge in [-0.1, -0.05) is 0 Å². The van der Waals surface area contributed by atoms with E-state index in [4.69, 9.17) is 10.5 Å². The number of hydrogen-bond donors (Lipinski definition) is 1. The highest BCUT2D eigenvalue weighted by Crippen LogP contribution is 2.17. The van der Waals surface area contributed by atoms with E-state index in [0.29, 0.717) is 12.0 Å². The van der Waals surface area contributed by atoms with Crippen LogP contribution in [-0.2, 0) is 4.74 Å². The van der Waals surface area contributed by atoms with E-state index >= 15 is 0 Å². The van der Waals surface area contributed by atoms with Crippen LogP contribution in [0.1, 0.15) is 19.8 Å². The van der Waals surface area contributed by atoms with Crippen LogP contribution < -0.4 is 5.73 Å². The zero-order valence-electron chi connectivity index (χ0n) is 5.97. The fraction of sp³-hybridized carbons (Fsp3) is 1.00. The molecule has 0 bridgehead atoms. The van der Waals surface area contributed by atoms with Gasteiger partial charge in [-0.15, -0.1) is 0 Å². The number of rotatable bonds is 1. The van der Waals surface area contributed by atoms with Crippen LogP contribution in [0.15, 0.2) is 0 Å². The number of hydrogen-bond acceptors (Lipinski definition) is 2. The molecule has 1 heterocycles. The largest absolute Gasteiger partial charge is 0.378 e. The average molecular weight is 129 g/mol. The predicted octanol–water partition coefficient (Wildman–Crippen LogP) is 0.760. The highest BCUT2D eigenvalue weighted by molar-refractivity contribution is 4.68. The standard InChI is InChI=1S/C7H15NO/c1-6-4-7(5-8)2-3-9-6/h6-7H,2-5,8H2,1H3/t6-,7+/m0/s1. The maximum Gasteiger partial charge on any atom is 0.0550 e. The maximum atomic E-state index is 5.51. The lowest BCUT2D eigenvalue weighted by atomic mass is 9.97. The molecule has 1 fully saturated rings. The Bertz CT molecular complexity index is 85.0. The third-order valence-electron chi connectivity index (χ3n) is 1.93. The van der Waals surface area contributed by atoms with Crippen LogP contribution in [0, 0.1) is 5.92 Å². The second-order valence-electron chi connectivity index (χ2n) is 2.81. The van der Waals surface area contributed by atoms with E-state index in [9.17, 15) is 0 Å². The molecule has 0 saturated carbocycles. The molecule has 0 radical (unpaired) electrons. The first-order valence-corrected chi connectivity index (χ1v) is 3.64. The van der Waals surface area contributed by atoms with Gasteiger partial charge in [0.2, 0.25) is 0 Å². The molecule has 2 heteroatoms. The molecule has 2 N–H and O–H groups in total. The van der Waals surface area contributed by atoms with Crippen molar-refractivity contribution in [3.63, 3.8) is 0 Å². The van der Waals surface area contributed by atoms with Crippen LogP contribution in [0.3, 0.4) is 0 Å². The summed E-state index contributed by atoms with van der Waals surface area (Å²) in [7, 11) is 0. The first kappa shape index (κ1) is 7.03. The lowest BCUT2D eigenvalue weighted by Gasteiger charge is -2.25. The van der Waals surface area contributed by atoms with Gasteiger partial charge in [0.05, 0.1) is 6.10 Å². The van der Waals surface area contributed by atoms with Crippen LogP contribution in [-0.4, -0.2) is 19.3 Å². The van der Waals surface area contributed by atoms with Crippen molar-refractivity contribution in [1.29, 1.82) is 0 Å². The molecule has 0 aromatic carbocycles. The summed E-state index contributed by atoms with van der Waals surface area (Å²) in [5.41, 5.74) is 5.51. The van der Waals surface area contributed by atoms with Crippen LogP contribution in [0.25, 0.3) is 0 Å². The monoisotopic (exact) mass is 129 g/mol. The van der Waals surface area contributed by atoms with Gasteiger partial charge in [-0.05, 0) is 32.2 Å². The molecule has 54 valence electrons. The summed E-state index contributed by atoms with van der Waals surface area (Å²) < 4.78 is 5.35. The molecule has 9 heavy (non-hydrogen) atoms. The summed E-state index contributed by atoms with van der Waals surface area (Å²) in [4.78, 5) is 0. The smallest absolute Gasteiger partial charge is 0.0550 e. The molecule has 1 aliphatic heterocycles. The van der Waals surface area contributed by atoms with Crippen molar-refractivity contribution < 1.29 is 4.74 Å². The topological polar surface area (TPSA) is 35.2 Å². The van der Waals surface area contributed by atoms with Crippen LogP contribution in [0.2, 0.25) is 0 Å². The molecule has 2 atom stereocenters. The molecular formula is C7H15NO. The van der Waals surface area contributed by atoms with Crippen molar-refractivity contribution in [2.24, 2.45) is 11.7 Å². The fourth-order valence-electron chi connectivity index (χ4n) is 1.31. The number of nitrogens with two attached hydrogens (primary N) is 1. The van der Waals surface area contributed by atoms with Crippen molar-refractivity contribution >= 4 is 0 Å². The minimum absolute atomic E-state index is 0.437. The van der Waals surface area contributed by atoms with Crippen LogP contribution in [0.4, 0.5) is 0 Å². The van der Waals surface area contributed by atoms with Gasteiger partial charge in [-0.3, -0.25) is 0 Å². The van der Waals surface area contributed by atoms with E-state index in [-0.39, 0.29) is 0 Å². The van der Waals surface area contributed by atoms with Crippen molar-refractivity contribution in [2.75, 3.05) is 13.2 Å². The average Bonchev–Trinajstić information content (AvgIpc) is 1.88. The molecule has 0 aromatic rings. The Kier molecular flexibility index (Phi) is 2.49. The van der Waals surface area contributed by atoms with Crippen molar-refractivity contribution in [3.8, 4) is 0 Å². The summed E-state index contributed by atoms with van der Waals surface area (Å²) in [5, 5.41) is 0. The molecule has 1 rings (SSSR count). The van der Waals surface area contributed by atoms with Crippen LogP contribution >= 0.6 is 0 Å². The van der Waals surface area contributed by atoms with Gasteiger partial charge in [0.1, 0.15) is 0 Å². The molecule has 1 aliphatic rings. The quantitative estimate of drug-likeness (QED) is 0.567. The Morgan fingerprint density at radius 1 is 1.67 bits per heavy atom. The third kappa shape index (κ3) is 1.95. The van der Waals surface area contributed by atoms with E-state index < -0.39 is 0 Å². The summed E-state index contributed by atoms with van der Waals surface area (Å²) >= 11 is 0. The molecule has 0 aromatic heterocycles. The summed E-state index contributed by atoms with van der Waals surface area (Å²) in [6.45, 7) is 3.85. The van der Waals surface area contributed by atoms with E-state index in [1.165, 1.54) is 0 Å². The second kappa shape index (κ2) is 3.18. The van der Waals surface area contributed by atoms with Gasteiger partial charge in [-0.25, -0.2) is 0 Å². The molecular weight excluding hydrogens is 114 g/mol. The lowest BCUT2D eigenvalue weighted by molar-refractivity contribution is 0.00471. The minimum Gasteiger partial charge on any atom is -0.378 e. The first-order valence-electron chi connectivity index (χ1n) is 3.64. The summed E-state index contributed by atoms with van der Waals surface area (Å²) in [6.07, 6.45) is 2.74. The molecule has 0 spiro atoms. The highest BCUT2D eigenvalue weighted by Gasteiger charge is 2.16. The maximum absolute atomic E-state index is 5.51. The van der Waals surface area contributed by atoms with E-state index in [2.05, 4.69) is 6.92 Å². The Balaban J connectivity index is 2.23. The van der Waals surface area contributed by atoms with Gasteiger partial charge >= 0.3 is 0 Å². The van der Waals surface area contributed by atoms with E-state index in [1.54, 1.807) is 0 Å². The van der Waals surface area contributed by atoms with Crippen molar-refractivity contribution in [1.82, 2.24) is 0 Å². The highest BCUT2D eigenvalue weighted by atomic mass is 16.5. The molecule has 0 unspecified atom stereocenters. The second-order valence-corrected chi connectivity index (χ2v) is 2.81. The third-order valence-corrected chi connectivity index (χ3v) is 1.93. The molecule has 0 amide bonds. The Labute approximate surface area is 56.4 Å². The first-order chi connectivity index (χ1) is 4.33. The SMILES string of the molecule is C[C@H]1C[C@H](CN)CCO1. The van der Waals surface area contributed by atoms with E-state index in [0.717, 1.165) is 26.0 Å². The summed E-state index contributed by atoms with van der Waals surface area (Å²) in [6, 6.07) is 0. The normalized spacial score (nSPS) is 36.7. The van der Waals surface area contributed by atoms with Gasteiger partial charge in [0.15, 0.2) is 0 Å². The van der Waals surface area contributed by atoms with Gasteiger partial charge in [0.25, 0.3) is 0 Å². The predicted molar refractivity (Wildman–Crippen MR) is 37.2 cm³/mol. The van der Waals surface area contributed by atoms with Gasteiger partial charge < -0.3 is 10.5 Å². The molecule has 0 aliphatic carbocycles. The zero-order valence-corrected chi connectivity index (χ0v) is 5.97. The van der Waals surface area contributed by atoms with E-state index in [1.807, 2.05) is 0 Å². The summed E-state index contributed by atoms with van der Waals surface area (Å²) in [5.74, 6) is 0.716. The van der Waals surface area contributed by atoms with Gasteiger partial charge in [0, 0.05) is 6.61 Å². The van der Waals surface area contributed by atoms with Gasteiger partial charge in [-0.2, -0.15) is 0 Å². The fourth-order valence-corrected chi connectivity index (χ4v) is 1.31. The molecule has 1 saturated heterocycles. The lowest BCUT2D eigenvalue weighted by Crippen LogP contribution is -2.27. The Morgan fingerprint density at radius 3 is 2.89 bits per heavy atom. The Morgan fingerprint density at radius 2 is 2.44 bits per heavy atom. The zero-order chi connectivity index (χ0) is 6.69. The van der Waals surface area contributed by atoms with Crippen molar-refractivity contribution in [3.05, 3.63) is 0 Å². The minimum atomic E-state index is 0.437.